The number of carbonyl (C=O) groups is 1. The van der Waals surface area contributed by atoms with Crippen molar-refractivity contribution in [3.63, 3.8) is 0 Å². The minimum absolute atomic E-state index is 0.370. The van der Waals surface area contributed by atoms with E-state index in [1.54, 1.807) is 6.92 Å². The first-order chi connectivity index (χ1) is 6.06. The van der Waals surface area contributed by atoms with Gasteiger partial charge < -0.3 is 9.52 Å². The van der Waals surface area contributed by atoms with E-state index in [1.807, 2.05) is 6.92 Å². The molecule has 0 bridgehead atoms. The SMILES string of the molecule is Cc1nc(C2(C(=O)O)CC2)oc1C. The minimum atomic E-state index is -0.825. The maximum Gasteiger partial charge on any atom is 0.319 e. The van der Waals surface area contributed by atoms with Gasteiger partial charge >= 0.3 is 5.97 Å². The van der Waals surface area contributed by atoms with Crippen molar-refractivity contribution >= 4 is 5.97 Å². The lowest BCUT2D eigenvalue weighted by Crippen LogP contribution is -2.19. The van der Waals surface area contributed by atoms with Crippen LogP contribution in [0.25, 0.3) is 0 Å². The molecular formula is C9H11NO3. The highest BCUT2D eigenvalue weighted by Gasteiger charge is 2.56. The van der Waals surface area contributed by atoms with Gasteiger partial charge in [0.2, 0.25) is 5.89 Å². The normalized spacial score (nSPS) is 18.6. The van der Waals surface area contributed by atoms with Gasteiger partial charge in [0.1, 0.15) is 11.2 Å². The molecular weight excluding hydrogens is 170 g/mol. The number of carboxylic acid groups (broad SMARTS) is 1. The van der Waals surface area contributed by atoms with Crippen molar-refractivity contribution in [1.29, 1.82) is 0 Å². The third-order valence-electron chi connectivity index (χ3n) is 2.60. The second-order valence-corrected chi connectivity index (χ2v) is 3.55. The molecule has 2 rings (SSSR count). The summed E-state index contributed by atoms with van der Waals surface area (Å²) in [6.45, 7) is 3.62. The number of aromatic nitrogens is 1. The number of rotatable bonds is 2. The van der Waals surface area contributed by atoms with E-state index in [1.165, 1.54) is 0 Å². The fourth-order valence-electron chi connectivity index (χ4n) is 1.32. The first kappa shape index (κ1) is 8.29. The Hall–Kier alpha value is -1.32. The molecule has 0 atom stereocenters. The van der Waals surface area contributed by atoms with Gasteiger partial charge in [-0.05, 0) is 26.7 Å². The zero-order valence-corrected chi connectivity index (χ0v) is 7.63. The molecule has 1 saturated carbocycles. The van der Waals surface area contributed by atoms with E-state index in [-0.39, 0.29) is 0 Å². The first-order valence-electron chi connectivity index (χ1n) is 4.24. The number of hydrogen-bond donors (Lipinski definition) is 1. The average molecular weight is 181 g/mol. The number of hydrogen-bond acceptors (Lipinski definition) is 3. The Labute approximate surface area is 75.6 Å². The second-order valence-electron chi connectivity index (χ2n) is 3.55. The van der Waals surface area contributed by atoms with Gasteiger partial charge in [-0.3, -0.25) is 4.79 Å². The molecule has 1 aliphatic rings. The summed E-state index contributed by atoms with van der Waals surface area (Å²) in [5, 5.41) is 8.96. The van der Waals surface area contributed by atoms with Crippen LogP contribution in [0.2, 0.25) is 0 Å². The van der Waals surface area contributed by atoms with Crippen LogP contribution in [-0.4, -0.2) is 16.1 Å². The van der Waals surface area contributed by atoms with E-state index in [4.69, 9.17) is 9.52 Å². The van der Waals surface area contributed by atoms with Crippen molar-refractivity contribution < 1.29 is 14.3 Å². The summed E-state index contributed by atoms with van der Waals surface area (Å²) < 4.78 is 5.31. The van der Waals surface area contributed by atoms with Crippen LogP contribution in [0, 0.1) is 13.8 Å². The van der Waals surface area contributed by atoms with Crippen molar-refractivity contribution in [3.8, 4) is 0 Å². The Kier molecular flexibility index (Phi) is 1.49. The van der Waals surface area contributed by atoms with Crippen LogP contribution in [0.3, 0.4) is 0 Å². The Bertz CT molecular complexity index is 343. The van der Waals surface area contributed by atoms with Crippen LogP contribution in [-0.2, 0) is 10.2 Å². The quantitative estimate of drug-likeness (QED) is 0.749. The summed E-state index contributed by atoms with van der Waals surface area (Å²) in [6.07, 6.45) is 1.28. The number of aliphatic carboxylic acids is 1. The van der Waals surface area contributed by atoms with Crippen molar-refractivity contribution in [2.45, 2.75) is 32.1 Å². The average Bonchev–Trinajstić information content (AvgIpc) is 2.77. The molecule has 0 radical (unpaired) electrons. The summed E-state index contributed by atoms with van der Waals surface area (Å²) in [7, 11) is 0. The third kappa shape index (κ3) is 1.05. The summed E-state index contributed by atoms with van der Waals surface area (Å²) in [4.78, 5) is 15.0. The number of carboxylic acids is 1. The highest BCUT2D eigenvalue weighted by molar-refractivity contribution is 5.83. The largest absolute Gasteiger partial charge is 0.480 e. The van der Waals surface area contributed by atoms with E-state index < -0.39 is 11.4 Å². The zero-order valence-electron chi connectivity index (χ0n) is 7.63. The van der Waals surface area contributed by atoms with Gasteiger partial charge in [0, 0.05) is 0 Å². The fraction of sp³-hybridized carbons (Fsp3) is 0.556. The molecule has 0 aromatic carbocycles. The predicted molar refractivity (Wildman–Crippen MR) is 44.5 cm³/mol. The number of oxazole rings is 1. The van der Waals surface area contributed by atoms with Gasteiger partial charge in [0.25, 0.3) is 0 Å². The summed E-state index contributed by atoms with van der Waals surface area (Å²) in [5.74, 6) is 0.256. The third-order valence-corrected chi connectivity index (χ3v) is 2.60. The summed E-state index contributed by atoms with van der Waals surface area (Å²) >= 11 is 0. The van der Waals surface area contributed by atoms with Crippen LogP contribution in [0.5, 0.6) is 0 Å². The highest BCUT2D eigenvalue weighted by atomic mass is 16.4. The van der Waals surface area contributed by atoms with Crippen LogP contribution < -0.4 is 0 Å². The maximum absolute atomic E-state index is 10.9. The molecule has 1 fully saturated rings. The molecule has 0 aliphatic heterocycles. The Morgan fingerprint density at radius 2 is 2.15 bits per heavy atom. The van der Waals surface area contributed by atoms with E-state index >= 15 is 0 Å². The highest BCUT2D eigenvalue weighted by Crippen LogP contribution is 2.48. The van der Waals surface area contributed by atoms with E-state index in [0.717, 1.165) is 5.69 Å². The molecule has 0 saturated heterocycles. The molecule has 0 spiro atoms. The maximum atomic E-state index is 10.9. The monoisotopic (exact) mass is 181 g/mol. The molecule has 1 aromatic rings. The van der Waals surface area contributed by atoms with E-state index in [2.05, 4.69) is 4.98 Å². The zero-order chi connectivity index (χ0) is 9.64. The van der Waals surface area contributed by atoms with E-state index in [0.29, 0.717) is 24.5 Å². The topological polar surface area (TPSA) is 63.3 Å². The standard InChI is InChI=1S/C9H11NO3/c1-5-6(2)13-7(10-5)9(3-4-9)8(11)12/h3-4H2,1-2H3,(H,11,12). The Morgan fingerprint density at radius 1 is 1.54 bits per heavy atom. The lowest BCUT2D eigenvalue weighted by atomic mass is 10.1. The van der Waals surface area contributed by atoms with Gasteiger partial charge in [-0.1, -0.05) is 0 Å². The molecule has 1 aromatic heterocycles. The van der Waals surface area contributed by atoms with Crippen LogP contribution in [0.4, 0.5) is 0 Å². The predicted octanol–water partition coefficient (Wildman–Crippen LogP) is 1.41. The molecule has 13 heavy (non-hydrogen) atoms. The second kappa shape index (κ2) is 2.34. The molecule has 1 N–H and O–H groups in total. The summed E-state index contributed by atoms with van der Waals surface area (Å²) in [5.41, 5.74) is -0.0264. The van der Waals surface area contributed by atoms with Crippen molar-refractivity contribution in [2.24, 2.45) is 0 Å². The smallest absolute Gasteiger partial charge is 0.319 e. The lowest BCUT2D eigenvalue weighted by molar-refractivity contribution is -0.140. The molecule has 70 valence electrons. The number of aryl methyl sites for hydroxylation is 2. The van der Waals surface area contributed by atoms with Gasteiger partial charge in [-0.2, -0.15) is 0 Å². The van der Waals surface area contributed by atoms with Gasteiger partial charge in [-0.15, -0.1) is 0 Å². The molecule has 1 aliphatic carbocycles. The van der Waals surface area contributed by atoms with Crippen LogP contribution in [0.15, 0.2) is 4.42 Å². The van der Waals surface area contributed by atoms with Crippen molar-refractivity contribution in [1.82, 2.24) is 4.98 Å². The van der Waals surface area contributed by atoms with Gasteiger partial charge in [0.15, 0.2) is 0 Å². The lowest BCUT2D eigenvalue weighted by Gasteiger charge is -2.02. The first-order valence-corrected chi connectivity index (χ1v) is 4.24. The Morgan fingerprint density at radius 3 is 2.46 bits per heavy atom. The molecule has 4 nitrogen and oxygen atoms in total. The van der Waals surface area contributed by atoms with Crippen LogP contribution in [0.1, 0.15) is 30.2 Å². The summed E-state index contributed by atoms with van der Waals surface area (Å²) in [6, 6.07) is 0. The Balaban J connectivity index is 2.41. The molecule has 0 unspecified atom stereocenters. The van der Waals surface area contributed by atoms with Crippen molar-refractivity contribution in [2.75, 3.05) is 0 Å². The molecule has 0 amide bonds. The van der Waals surface area contributed by atoms with E-state index in [9.17, 15) is 4.79 Å². The molecule has 1 heterocycles. The van der Waals surface area contributed by atoms with Crippen LogP contribution >= 0.6 is 0 Å². The van der Waals surface area contributed by atoms with Crippen molar-refractivity contribution in [3.05, 3.63) is 17.3 Å². The van der Waals surface area contributed by atoms with Gasteiger partial charge in [-0.25, -0.2) is 4.98 Å². The van der Waals surface area contributed by atoms with Gasteiger partial charge in [0.05, 0.1) is 5.69 Å². The number of nitrogens with zero attached hydrogens (tertiary/aromatic N) is 1. The molecule has 4 heteroatoms. The fourth-order valence-corrected chi connectivity index (χ4v) is 1.32. The minimum Gasteiger partial charge on any atom is -0.480 e.